The van der Waals surface area contributed by atoms with E-state index < -0.39 is 0 Å². The summed E-state index contributed by atoms with van der Waals surface area (Å²) in [6, 6.07) is 12.2. The number of aryl methyl sites for hydroxylation is 1. The van der Waals surface area contributed by atoms with Gasteiger partial charge >= 0.3 is 0 Å². The van der Waals surface area contributed by atoms with E-state index in [0.29, 0.717) is 0 Å². The Morgan fingerprint density at radius 1 is 1.08 bits per heavy atom. The average molecular weight is 314 g/mol. The van der Waals surface area contributed by atoms with Gasteiger partial charge in [0.2, 0.25) is 0 Å². The van der Waals surface area contributed by atoms with Crippen LogP contribution in [0.15, 0.2) is 65.6 Å². The van der Waals surface area contributed by atoms with E-state index in [1.54, 1.807) is 10.9 Å². The smallest absolute Gasteiger partial charge is 0.161 e. The van der Waals surface area contributed by atoms with Crippen LogP contribution in [-0.4, -0.2) is 19.7 Å². The largest absolute Gasteiger partial charge is 0.454 e. The third-order valence-corrected chi connectivity index (χ3v) is 4.27. The van der Waals surface area contributed by atoms with E-state index in [1.807, 2.05) is 37.8 Å². The molecule has 0 amide bonds. The van der Waals surface area contributed by atoms with Crippen molar-refractivity contribution in [3.63, 3.8) is 0 Å². The quantitative estimate of drug-likeness (QED) is 0.526. The van der Waals surface area contributed by atoms with Gasteiger partial charge in [0.15, 0.2) is 5.58 Å². The molecule has 24 heavy (non-hydrogen) atoms. The van der Waals surface area contributed by atoms with Crippen molar-refractivity contribution in [3.8, 4) is 22.5 Å². The van der Waals surface area contributed by atoms with Gasteiger partial charge in [-0.25, -0.2) is 0 Å². The number of pyridine rings is 1. The van der Waals surface area contributed by atoms with Crippen molar-refractivity contribution in [3.05, 3.63) is 61.2 Å². The Balaban J connectivity index is 1.70. The second kappa shape index (κ2) is 4.83. The number of nitrogens with one attached hydrogen (secondary N) is 1. The fourth-order valence-corrected chi connectivity index (χ4v) is 3.07. The predicted octanol–water partition coefficient (Wildman–Crippen LogP) is 4.38. The van der Waals surface area contributed by atoms with Crippen molar-refractivity contribution < 1.29 is 4.42 Å². The van der Waals surface area contributed by atoms with Crippen molar-refractivity contribution >= 4 is 22.0 Å². The maximum atomic E-state index is 6.16. The number of fused-ring (bicyclic) bond motifs is 2. The van der Waals surface area contributed by atoms with Crippen molar-refractivity contribution in [1.82, 2.24) is 19.7 Å². The third-order valence-electron chi connectivity index (χ3n) is 4.27. The molecule has 0 saturated carbocycles. The fourth-order valence-electron chi connectivity index (χ4n) is 3.07. The van der Waals surface area contributed by atoms with E-state index in [2.05, 4.69) is 39.3 Å². The zero-order chi connectivity index (χ0) is 16.1. The Labute approximate surface area is 137 Å². The van der Waals surface area contributed by atoms with E-state index in [1.165, 1.54) is 0 Å². The number of hydrogen-bond donors (Lipinski definition) is 1. The van der Waals surface area contributed by atoms with Gasteiger partial charge in [-0.3, -0.25) is 9.67 Å². The number of aromatic amines is 1. The van der Waals surface area contributed by atoms with Crippen molar-refractivity contribution in [2.45, 2.75) is 0 Å². The Morgan fingerprint density at radius 3 is 2.92 bits per heavy atom. The fraction of sp³-hybridized carbons (Fsp3) is 0.0526. The Morgan fingerprint density at radius 2 is 2.04 bits per heavy atom. The van der Waals surface area contributed by atoms with Gasteiger partial charge in [-0.15, -0.1) is 0 Å². The lowest BCUT2D eigenvalue weighted by Gasteiger charge is -1.99. The maximum absolute atomic E-state index is 6.16. The molecular weight excluding hydrogens is 300 g/mol. The van der Waals surface area contributed by atoms with Crippen LogP contribution < -0.4 is 0 Å². The number of rotatable bonds is 2. The highest BCUT2D eigenvalue weighted by atomic mass is 16.3. The Hall–Kier alpha value is -3.34. The van der Waals surface area contributed by atoms with E-state index in [4.69, 9.17) is 4.42 Å². The SMILES string of the molecule is Cn1cc(-c2ccnc3cc(-c4ccc5[nH]ccc5c4)oc23)cn1. The van der Waals surface area contributed by atoms with Gasteiger partial charge in [0.1, 0.15) is 11.3 Å². The molecule has 0 aliphatic carbocycles. The molecule has 0 radical (unpaired) electrons. The first kappa shape index (κ1) is 13.1. The number of H-pyrrole nitrogens is 1. The molecule has 1 aromatic carbocycles. The topological polar surface area (TPSA) is 59.6 Å². The summed E-state index contributed by atoms with van der Waals surface area (Å²) in [6.45, 7) is 0. The Kier molecular flexibility index (Phi) is 2.64. The van der Waals surface area contributed by atoms with Crippen LogP contribution in [0.25, 0.3) is 44.5 Å². The molecule has 0 spiro atoms. The maximum Gasteiger partial charge on any atom is 0.161 e. The van der Waals surface area contributed by atoms with E-state index in [0.717, 1.165) is 44.5 Å². The summed E-state index contributed by atoms with van der Waals surface area (Å²) >= 11 is 0. The molecule has 0 saturated heterocycles. The summed E-state index contributed by atoms with van der Waals surface area (Å²) < 4.78 is 7.95. The standard InChI is InChI=1S/C19H14N4O/c1-23-11-14(10-22-23)15-5-7-21-17-9-18(24-19(15)17)13-2-3-16-12(8-13)4-6-20-16/h2-11,20H,1H3. The van der Waals surface area contributed by atoms with Crippen molar-refractivity contribution in [2.24, 2.45) is 7.05 Å². The molecule has 5 aromatic rings. The van der Waals surface area contributed by atoms with E-state index >= 15 is 0 Å². The molecule has 5 nitrogen and oxygen atoms in total. The minimum Gasteiger partial charge on any atom is -0.454 e. The summed E-state index contributed by atoms with van der Waals surface area (Å²) in [4.78, 5) is 7.65. The summed E-state index contributed by atoms with van der Waals surface area (Å²) in [7, 11) is 1.90. The molecular formula is C19H14N4O. The van der Waals surface area contributed by atoms with Crippen molar-refractivity contribution in [1.29, 1.82) is 0 Å². The molecule has 116 valence electrons. The number of aromatic nitrogens is 4. The lowest BCUT2D eigenvalue weighted by molar-refractivity contribution is 0.632. The molecule has 4 heterocycles. The zero-order valence-corrected chi connectivity index (χ0v) is 13.0. The normalized spacial score (nSPS) is 11.5. The molecule has 0 aliphatic rings. The van der Waals surface area contributed by atoms with E-state index in [9.17, 15) is 0 Å². The van der Waals surface area contributed by atoms with Gasteiger partial charge in [-0.2, -0.15) is 5.10 Å². The zero-order valence-electron chi connectivity index (χ0n) is 13.0. The molecule has 0 unspecified atom stereocenters. The van der Waals surface area contributed by atoms with Crippen LogP contribution in [-0.2, 0) is 7.05 Å². The first-order valence-electron chi connectivity index (χ1n) is 7.73. The number of nitrogens with zero attached hydrogens (tertiary/aromatic N) is 3. The molecule has 0 fully saturated rings. The van der Waals surface area contributed by atoms with Gasteiger partial charge < -0.3 is 9.40 Å². The van der Waals surface area contributed by atoms with Gasteiger partial charge in [0.05, 0.1) is 6.20 Å². The van der Waals surface area contributed by atoms with Gasteiger partial charge in [-0.1, -0.05) is 0 Å². The highest BCUT2D eigenvalue weighted by Gasteiger charge is 2.13. The van der Waals surface area contributed by atoms with Crippen LogP contribution in [0.1, 0.15) is 0 Å². The molecule has 0 atom stereocenters. The monoisotopic (exact) mass is 314 g/mol. The average Bonchev–Trinajstić information content (AvgIpc) is 3.32. The second-order valence-electron chi connectivity index (χ2n) is 5.87. The predicted molar refractivity (Wildman–Crippen MR) is 93.5 cm³/mol. The molecule has 0 bridgehead atoms. The van der Waals surface area contributed by atoms with Crippen LogP contribution in [0.5, 0.6) is 0 Å². The van der Waals surface area contributed by atoms with Crippen LogP contribution in [0.4, 0.5) is 0 Å². The molecule has 5 heteroatoms. The number of benzene rings is 1. The van der Waals surface area contributed by atoms with Crippen LogP contribution in [0.2, 0.25) is 0 Å². The molecule has 0 aliphatic heterocycles. The third kappa shape index (κ3) is 1.95. The molecule has 5 rings (SSSR count). The van der Waals surface area contributed by atoms with Crippen LogP contribution >= 0.6 is 0 Å². The van der Waals surface area contributed by atoms with Crippen LogP contribution in [0.3, 0.4) is 0 Å². The number of hydrogen-bond acceptors (Lipinski definition) is 3. The van der Waals surface area contributed by atoms with Crippen molar-refractivity contribution in [2.75, 3.05) is 0 Å². The van der Waals surface area contributed by atoms with Crippen LogP contribution in [0, 0.1) is 0 Å². The van der Waals surface area contributed by atoms with Gasteiger partial charge in [0.25, 0.3) is 0 Å². The second-order valence-corrected chi connectivity index (χ2v) is 5.87. The lowest BCUT2D eigenvalue weighted by Crippen LogP contribution is -1.84. The van der Waals surface area contributed by atoms with Gasteiger partial charge in [-0.05, 0) is 30.3 Å². The summed E-state index contributed by atoms with van der Waals surface area (Å²) in [5.41, 5.74) is 5.81. The first-order valence-corrected chi connectivity index (χ1v) is 7.73. The highest BCUT2D eigenvalue weighted by Crippen LogP contribution is 2.34. The summed E-state index contributed by atoms with van der Waals surface area (Å²) in [5, 5.41) is 5.40. The molecule has 1 N–H and O–H groups in total. The Bertz CT molecular complexity index is 1180. The van der Waals surface area contributed by atoms with Gasteiger partial charge in [0, 0.05) is 59.3 Å². The minimum atomic E-state index is 0.787. The number of furan rings is 1. The van der Waals surface area contributed by atoms with E-state index in [-0.39, 0.29) is 0 Å². The summed E-state index contributed by atoms with van der Waals surface area (Å²) in [6.07, 6.45) is 7.56. The molecule has 4 aromatic heterocycles. The lowest BCUT2D eigenvalue weighted by atomic mass is 10.1. The first-order chi connectivity index (χ1) is 11.8. The summed E-state index contributed by atoms with van der Waals surface area (Å²) in [5.74, 6) is 0.817. The highest BCUT2D eigenvalue weighted by molar-refractivity contribution is 5.93. The minimum absolute atomic E-state index is 0.787.